The maximum Gasteiger partial charge on any atom is 0.253 e. The van der Waals surface area contributed by atoms with E-state index in [-0.39, 0.29) is 17.7 Å². The molecule has 2 atom stereocenters. The van der Waals surface area contributed by atoms with Crippen LogP contribution in [0.1, 0.15) is 67.6 Å². The molecule has 3 heterocycles. The Bertz CT molecular complexity index is 1510. The molecule has 0 spiro atoms. The van der Waals surface area contributed by atoms with Crippen LogP contribution in [0.2, 0.25) is 0 Å². The van der Waals surface area contributed by atoms with Gasteiger partial charge in [-0.25, -0.2) is 4.68 Å². The van der Waals surface area contributed by atoms with Crippen molar-refractivity contribution >= 4 is 10.9 Å². The molecule has 40 heavy (non-hydrogen) atoms. The van der Waals surface area contributed by atoms with Crippen molar-refractivity contribution in [3.63, 3.8) is 0 Å². The zero-order valence-corrected chi connectivity index (χ0v) is 23.1. The predicted molar refractivity (Wildman–Crippen MR) is 151 cm³/mol. The number of hydrogen-bond donors (Lipinski definition) is 1. The zero-order chi connectivity index (χ0) is 27.5. The Labute approximate surface area is 233 Å². The number of aromatic amines is 1. The first-order valence-electron chi connectivity index (χ1n) is 14.1. The molecule has 6 rings (SSSR count). The lowest BCUT2D eigenvalue weighted by Crippen LogP contribution is -2.39. The number of rotatable bonds is 10. The summed E-state index contributed by atoms with van der Waals surface area (Å²) >= 11 is 0. The van der Waals surface area contributed by atoms with Crippen molar-refractivity contribution in [3.05, 3.63) is 75.8 Å². The SMILES string of the molecule is COc1cccc(CN(C[C@H]2CCCO2)[C@@H](c2cc3cc(OC)ccc3[nH]c2=O)c2nnnn2C2CCCC2)c1. The highest BCUT2D eigenvalue weighted by Crippen LogP contribution is 2.35. The van der Waals surface area contributed by atoms with Gasteiger partial charge in [0.1, 0.15) is 17.5 Å². The molecule has 2 aromatic carbocycles. The number of pyridine rings is 1. The average molecular weight is 545 g/mol. The van der Waals surface area contributed by atoms with E-state index >= 15 is 0 Å². The third-order valence-electron chi connectivity index (χ3n) is 8.16. The van der Waals surface area contributed by atoms with Crippen molar-refractivity contribution in [1.29, 1.82) is 0 Å². The quantitative estimate of drug-likeness (QED) is 0.313. The summed E-state index contributed by atoms with van der Waals surface area (Å²) in [5.74, 6) is 2.20. The lowest BCUT2D eigenvalue weighted by atomic mass is 10.0. The Hall–Kier alpha value is -3.76. The van der Waals surface area contributed by atoms with Gasteiger partial charge in [-0.15, -0.1) is 5.10 Å². The predicted octanol–water partition coefficient (Wildman–Crippen LogP) is 4.42. The minimum Gasteiger partial charge on any atom is -0.497 e. The lowest BCUT2D eigenvalue weighted by Gasteiger charge is -2.33. The molecular weight excluding hydrogens is 508 g/mol. The molecular formula is C30H36N6O4. The minimum absolute atomic E-state index is 0.0588. The van der Waals surface area contributed by atoms with Gasteiger partial charge in [0.15, 0.2) is 5.82 Å². The highest BCUT2D eigenvalue weighted by atomic mass is 16.5. The van der Waals surface area contributed by atoms with E-state index in [0.29, 0.717) is 24.5 Å². The molecule has 1 N–H and O–H groups in total. The van der Waals surface area contributed by atoms with Gasteiger partial charge in [0.2, 0.25) is 0 Å². The Kier molecular flexibility index (Phi) is 7.79. The summed E-state index contributed by atoms with van der Waals surface area (Å²) in [6.45, 7) is 1.95. The van der Waals surface area contributed by atoms with Crippen molar-refractivity contribution in [3.8, 4) is 11.5 Å². The van der Waals surface area contributed by atoms with Gasteiger partial charge in [0.25, 0.3) is 5.56 Å². The Morgan fingerprint density at radius 3 is 2.65 bits per heavy atom. The number of hydrogen-bond acceptors (Lipinski definition) is 8. The van der Waals surface area contributed by atoms with Crippen LogP contribution in [-0.4, -0.2) is 63.6 Å². The van der Waals surface area contributed by atoms with Crippen molar-refractivity contribution in [1.82, 2.24) is 30.1 Å². The van der Waals surface area contributed by atoms with Gasteiger partial charge < -0.3 is 19.2 Å². The summed E-state index contributed by atoms with van der Waals surface area (Å²) in [6, 6.07) is 15.4. The third kappa shape index (κ3) is 5.46. The number of methoxy groups -OCH3 is 2. The monoisotopic (exact) mass is 544 g/mol. The van der Waals surface area contributed by atoms with E-state index in [1.54, 1.807) is 14.2 Å². The van der Waals surface area contributed by atoms with E-state index in [9.17, 15) is 4.79 Å². The van der Waals surface area contributed by atoms with E-state index in [1.165, 1.54) is 0 Å². The second kappa shape index (κ2) is 11.8. The number of tetrazole rings is 1. The van der Waals surface area contributed by atoms with Crippen molar-refractivity contribution in [2.75, 3.05) is 27.4 Å². The topological polar surface area (TPSA) is 107 Å². The molecule has 210 valence electrons. The van der Waals surface area contributed by atoms with Gasteiger partial charge in [-0.3, -0.25) is 9.69 Å². The first kappa shape index (κ1) is 26.5. The Morgan fingerprint density at radius 2 is 1.88 bits per heavy atom. The molecule has 4 aromatic rings. The number of aromatic nitrogens is 5. The van der Waals surface area contributed by atoms with Crippen molar-refractivity contribution in [2.45, 2.75) is 63.3 Å². The van der Waals surface area contributed by atoms with Crippen LogP contribution in [0.4, 0.5) is 0 Å². The molecule has 1 saturated heterocycles. The number of fused-ring (bicyclic) bond motifs is 1. The summed E-state index contributed by atoms with van der Waals surface area (Å²) in [5, 5.41) is 14.1. The molecule has 10 heteroatoms. The maximum atomic E-state index is 13.8. The van der Waals surface area contributed by atoms with Gasteiger partial charge in [0, 0.05) is 36.2 Å². The Morgan fingerprint density at radius 1 is 1.05 bits per heavy atom. The molecule has 1 aliphatic carbocycles. The second-order valence-corrected chi connectivity index (χ2v) is 10.7. The summed E-state index contributed by atoms with van der Waals surface area (Å²) in [5.41, 5.74) is 2.26. The number of ether oxygens (including phenoxy) is 3. The zero-order valence-electron chi connectivity index (χ0n) is 23.1. The molecule has 10 nitrogen and oxygen atoms in total. The molecule has 0 bridgehead atoms. The van der Waals surface area contributed by atoms with Crippen LogP contribution in [-0.2, 0) is 11.3 Å². The van der Waals surface area contributed by atoms with Crippen LogP contribution in [0.25, 0.3) is 10.9 Å². The van der Waals surface area contributed by atoms with E-state index in [2.05, 4.69) is 31.5 Å². The standard InChI is InChI=1S/C30H36N6O4/c1-38-23-10-5-7-20(15-23)18-35(19-25-11-6-14-40-25)28(29-32-33-34-36(29)22-8-3-4-9-22)26-17-21-16-24(39-2)12-13-27(21)31-30(26)37/h5,7,10,12-13,15-17,22,25,28H,3-4,6,8-9,11,14,18-19H2,1-2H3,(H,31,37)/t25-,28+/m1/s1. The summed E-state index contributed by atoms with van der Waals surface area (Å²) < 4.78 is 19.1. The summed E-state index contributed by atoms with van der Waals surface area (Å²) in [4.78, 5) is 19.2. The molecule has 0 amide bonds. The van der Waals surface area contributed by atoms with Gasteiger partial charge >= 0.3 is 0 Å². The van der Waals surface area contributed by atoms with Crippen LogP contribution in [0.15, 0.2) is 53.3 Å². The average Bonchev–Trinajstić information content (AvgIpc) is 3.77. The normalized spacial score (nSPS) is 18.5. The number of nitrogens with zero attached hydrogens (tertiary/aromatic N) is 5. The molecule has 1 aliphatic heterocycles. The van der Waals surface area contributed by atoms with E-state index in [4.69, 9.17) is 14.2 Å². The fourth-order valence-corrected chi connectivity index (χ4v) is 6.14. The fraction of sp³-hybridized carbons (Fsp3) is 0.467. The van der Waals surface area contributed by atoms with Gasteiger partial charge in [0.05, 0.1) is 26.4 Å². The summed E-state index contributed by atoms with van der Waals surface area (Å²) in [6.07, 6.45) is 6.40. The van der Waals surface area contributed by atoms with E-state index in [1.807, 2.05) is 47.1 Å². The molecule has 2 fully saturated rings. The second-order valence-electron chi connectivity index (χ2n) is 10.7. The number of H-pyrrole nitrogens is 1. The van der Waals surface area contributed by atoms with Gasteiger partial charge in [-0.05, 0) is 78.1 Å². The molecule has 2 aromatic heterocycles. The molecule has 0 unspecified atom stereocenters. The minimum atomic E-state index is -0.495. The lowest BCUT2D eigenvalue weighted by molar-refractivity contribution is 0.0569. The highest BCUT2D eigenvalue weighted by molar-refractivity contribution is 5.80. The number of benzene rings is 2. The van der Waals surface area contributed by atoms with Crippen LogP contribution in [0.5, 0.6) is 11.5 Å². The largest absolute Gasteiger partial charge is 0.497 e. The Balaban J connectivity index is 1.51. The number of nitrogens with one attached hydrogen (secondary N) is 1. The van der Waals surface area contributed by atoms with E-state index < -0.39 is 6.04 Å². The smallest absolute Gasteiger partial charge is 0.253 e. The molecule has 0 radical (unpaired) electrons. The van der Waals surface area contributed by atoms with Crippen LogP contribution in [0.3, 0.4) is 0 Å². The van der Waals surface area contributed by atoms with Crippen molar-refractivity contribution in [2.24, 2.45) is 0 Å². The molecule has 1 saturated carbocycles. The van der Waals surface area contributed by atoms with E-state index in [0.717, 1.165) is 73.1 Å². The van der Waals surface area contributed by atoms with Crippen LogP contribution >= 0.6 is 0 Å². The first-order chi connectivity index (χ1) is 19.6. The van der Waals surface area contributed by atoms with Crippen LogP contribution in [0, 0.1) is 0 Å². The van der Waals surface area contributed by atoms with Gasteiger partial charge in [-0.2, -0.15) is 0 Å². The fourth-order valence-electron chi connectivity index (χ4n) is 6.14. The third-order valence-corrected chi connectivity index (χ3v) is 8.16. The summed E-state index contributed by atoms with van der Waals surface area (Å²) in [7, 11) is 3.31. The van der Waals surface area contributed by atoms with Gasteiger partial charge in [-0.1, -0.05) is 25.0 Å². The molecule has 2 aliphatic rings. The highest BCUT2D eigenvalue weighted by Gasteiger charge is 2.35. The van der Waals surface area contributed by atoms with Crippen LogP contribution < -0.4 is 15.0 Å². The maximum absolute atomic E-state index is 13.8. The first-order valence-corrected chi connectivity index (χ1v) is 14.1. The van der Waals surface area contributed by atoms with Crippen molar-refractivity contribution < 1.29 is 14.2 Å².